The van der Waals surface area contributed by atoms with E-state index in [-0.39, 0.29) is 17.8 Å². The molecule has 0 unspecified atom stereocenters. The number of piperidine rings is 1. The molecular formula is C32H38N2O5S. The molecule has 8 heteroatoms. The molecular weight excluding hydrogens is 524 g/mol. The number of benzene rings is 2. The number of aromatic nitrogens is 1. The molecule has 1 N–H and O–H groups in total. The van der Waals surface area contributed by atoms with Gasteiger partial charge in [0.15, 0.2) is 0 Å². The topological polar surface area (TPSA) is 84.9 Å². The maximum atomic E-state index is 13.0. The molecule has 0 radical (unpaired) electrons. The van der Waals surface area contributed by atoms with Crippen molar-refractivity contribution in [2.75, 3.05) is 13.1 Å². The third kappa shape index (κ3) is 5.73. The van der Waals surface area contributed by atoms with Gasteiger partial charge in [-0.1, -0.05) is 19.9 Å². The van der Waals surface area contributed by atoms with Gasteiger partial charge in [-0.2, -0.15) is 0 Å². The molecule has 2 aromatic heterocycles. The van der Waals surface area contributed by atoms with E-state index in [4.69, 9.17) is 21.8 Å². The second kappa shape index (κ2) is 10.9. The lowest BCUT2D eigenvalue weighted by molar-refractivity contribution is 0.0180. The number of aryl methyl sites for hydroxylation is 1. The Morgan fingerprint density at radius 1 is 1.15 bits per heavy atom. The van der Waals surface area contributed by atoms with Gasteiger partial charge in [0.25, 0.3) is 0 Å². The molecule has 1 aliphatic heterocycles. The van der Waals surface area contributed by atoms with Crippen LogP contribution in [-0.2, 0) is 11.3 Å². The van der Waals surface area contributed by atoms with E-state index in [1.54, 1.807) is 0 Å². The normalized spacial score (nSPS) is 14.9. The van der Waals surface area contributed by atoms with Gasteiger partial charge in [0.1, 0.15) is 16.9 Å². The number of hydrogen-bond acceptors (Lipinski definition) is 6. The number of likely N-dealkylation sites (tertiary alicyclic amines) is 1. The van der Waals surface area contributed by atoms with Crippen LogP contribution in [0.5, 0.6) is 5.75 Å². The number of nitrogens with zero attached hydrogens (tertiary/aromatic N) is 2. The highest BCUT2D eigenvalue weighted by Crippen LogP contribution is 2.37. The van der Waals surface area contributed by atoms with E-state index in [0.29, 0.717) is 27.3 Å². The molecule has 0 saturated carbocycles. The van der Waals surface area contributed by atoms with Crippen LogP contribution in [0.2, 0.25) is 0 Å². The predicted octanol–water partition coefficient (Wildman–Crippen LogP) is 7.57. The van der Waals surface area contributed by atoms with E-state index in [0.717, 1.165) is 60.9 Å². The standard InChI is InChI=1S/C32H38N2O5S/c1-19(2)23-17-24-27(18-26(23)35)38-30(36)28(29(24)40)22-6-7-25-21(16-22)11-15-33(25)12-8-20-9-13-34(14-10-20)31(37)39-32(3,4)5/h6-7,11,15-20,35,40H,8-10,12-14H2,1-5H3. The largest absolute Gasteiger partial charge is 0.508 e. The maximum Gasteiger partial charge on any atom is 0.410 e. The van der Waals surface area contributed by atoms with E-state index < -0.39 is 11.2 Å². The zero-order chi connectivity index (χ0) is 28.8. The summed E-state index contributed by atoms with van der Waals surface area (Å²) in [6, 6.07) is 11.4. The van der Waals surface area contributed by atoms with Crippen LogP contribution in [0.25, 0.3) is 33.0 Å². The number of aromatic hydroxyl groups is 1. The molecule has 1 aliphatic rings. The lowest BCUT2D eigenvalue weighted by Crippen LogP contribution is -2.41. The number of hydrogen-bond donors (Lipinski definition) is 2. The van der Waals surface area contributed by atoms with Crippen LogP contribution in [0.1, 0.15) is 65.4 Å². The molecule has 1 fully saturated rings. The van der Waals surface area contributed by atoms with E-state index in [2.05, 4.69) is 16.8 Å². The third-order valence-electron chi connectivity index (χ3n) is 7.75. The van der Waals surface area contributed by atoms with Crippen molar-refractivity contribution in [2.24, 2.45) is 5.92 Å². The Morgan fingerprint density at radius 2 is 1.88 bits per heavy atom. The average molecular weight is 563 g/mol. The number of phenols is 1. The van der Waals surface area contributed by atoms with Crippen LogP contribution in [-0.4, -0.2) is 39.4 Å². The molecule has 0 bridgehead atoms. The summed E-state index contributed by atoms with van der Waals surface area (Å²) in [5, 5.41) is 12.1. The number of thiol groups is 1. The summed E-state index contributed by atoms with van der Waals surface area (Å²) in [6.45, 7) is 12.0. The fourth-order valence-electron chi connectivity index (χ4n) is 5.56. The van der Waals surface area contributed by atoms with Crippen LogP contribution in [0, 0.1) is 5.92 Å². The smallest absolute Gasteiger partial charge is 0.410 e. The Bertz CT molecular complexity index is 1620. The second-order valence-corrected chi connectivity index (χ2v) is 12.6. The molecule has 0 atom stereocenters. The zero-order valence-corrected chi connectivity index (χ0v) is 24.8. The minimum atomic E-state index is -0.481. The van der Waals surface area contributed by atoms with Gasteiger partial charge in [0.2, 0.25) is 0 Å². The summed E-state index contributed by atoms with van der Waals surface area (Å²) in [6.07, 6.45) is 4.85. The van der Waals surface area contributed by atoms with Crippen molar-refractivity contribution in [2.45, 2.75) is 76.8 Å². The number of rotatable bonds is 5. The van der Waals surface area contributed by atoms with Gasteiger partial charge in [0.05, 0.1) is 5.56 Å². The van der Waals surface area contributed by atoms with Gasteiger partial charge in [-0.3, -0.25) is 0 Å². The molecule has 40 heavy (non-hydrogen) atoms. The Balaban J connectivity index is 1.31. The van der Waals surface area contributed by atoms with Crippen LogP contribution < -0.4 is 5.63 Å². The number of ether oxygens (including phenoxy) is 1. The fourth-order valence-corrected chi connectivity index (χ4v) is 5.95. The molecule has 7 nitrogen and oxygen atoms in total. The van der Waals surface area contributed by atoms with Crippen molar-refractivity contribution in [3.05, 3.63) is 58.6 Å². The number of amides is 1. The Labute approximate surface area is 240 Å². The molecule has 5 rings (SSSR count). The second-order valence-electron chi connectivity index (χ2n) is 12.2. The number of fused-ring (bicyclic) bond motifs is 2. The minimum Gasteiger partial charge on any atom is -0.508 e. The van der Waals surface area contributed by atoms with E-state index >= 15 is 0 Å². The fraction of sp³-hybridized carbons (Fsp3) is 0.438. The molecule has 0 aliphatic carbocycles. The lowest BCUT2D eigenvalue weighted by atomic mass is 9.93. The highest BCUT2D eigenvalue weighted by molar-refractivity contribution is 7.80. The van der Waals surface area contributed by atoms with Gasteiger partial charge in [-0.25, -0.2) is 9.59 Å². The average Bonchev–Trinajstić information content (AvgIpc) is 3.28. The maximum absolute atomic E-state index is 13.0. The summed E-state index contributed by atoms with van der Waals surface area (Å²) >= 11 is 4.75. The number of carbonyl (C=O) groups is 1. The summed E-state index contributed by atoms with van der Waals surface area (Å²) in [5.41, 5.74) is 2.42. The van der Waals surface area contributed by atoms with Crippen LogP contribution in [0.3, 0.4) is 0 Å². The molecule has 3 heterocycles. The Hall–Kier alpha value is -3.39. The first-order valence-corrected chi connectivity index (χ1v) is 14.5. The minimum absolute atomic E-state index is 0.112. The van der Waals surface area contributed by atoms with Crippen LogP contribution in [0.15, 0.2) is 56.7 Å². The van der Waals surface area contributed by atoms with Crippen molar-refractivity contribution in [1.82, 2.24) is 9.47 Å². The van der Waals surface area contributed by atoms with Gasteiger partial charge < -0.3 is 23.7 Å². The van der Waals surface area contributed by atoms with Crippen molar-refractivity contribution in [1.29, 1.82) is 0 Å². The molecule has 212 valence electrons. The SMILES string of the molecule is CC(C)c1cc2c(S)c(-c3ccc4c(ccn4CCC4CCN(C(=O)OC(C)(C)C)CC4)c3)c(=O)oc2cc1O. The van der Waals surface area contributed by atoms with Crippen LogP contribution in [0.4, 0.5) is 4.79 Å². The molecule has 1 saturated heterocycles. The van der Waals surface area contributed by atoms with Crippen molar-refractivity contribution < 1.29 is 19.1 Å². The lowest BCUT2D eigenvalue weighted by Gasteiger charge is -2.33. The van der Waals surface area contributed by atoms with Gasteiger partial charge in [0, 0.05) is 53.1 Å². The first kappa shape index (κ1) is 28.1. The summed E-state index contributed by atoms with van der Waals surface area (Å²) in [7, 11) is 0. The molecule has 1 amide bonds. The quantitative estimate of drug-likeness (QED) is 0.194. The highest BCUT2D eigenvalue weighted by Gasteiger charge is 2.27. The first-order chi connectivity index (χ1) is 18.9. The first-order valence-electron chi connectivity index (χ1n) is 14.0. The zero-order valence-electron chi connectivity index (χ0n) is 23.9. The van der Waals surface area contributed by atoms with E-state index in [1.165, 1.54) is 6.07 Å². The van der Waals surface area contributed by atoms with Crippen molar-refractivity contribution in [3.63, 3.8) is 0 Å². The summed E-state index contributed by atoms with van der Waals surface area (Å²) in [4.78, 5) is 27.7. The molecule has 0 spiro atoms. The van der Waals surface area contributed by atoms with Gasteiger partial charge in [-0.05, 0) is 87.3 Å². The summed E-state index contributed by atoms with van der Waals surface area (Å²) in [5.74, 6) is 0.781. The van der Waals surface area contributed by atoms with Gasteiger partial charge in [-0.15, -0.1) is 12.6 Å². The third-order valence-corrected chi connectivity index (χ3v) is 8.22. The summed E-state index contributed by atoms with van der Waals surface area (Å²) < 4.78 is 13.4. The van der Waals surface area contributed by atoms with Crippen molar-refractivity contribution in [3.8, 4) is 16.9 Å². The van der Waals surface area contributed by atoms with Crippen LogP contribution >= 0.6 is 12.6 Å². The highest BCUT2D eigenvalue weighted by atomic mass is 32.1. The van der Waals surface area contributed by atoms with E-state index in [9.17, 15) is 14.7 Å². The molecule has 2 aromatic carbocycles. The Kier molecular flexibility index (Phi) is 7.66. The Morgan fingerprint density at radius 3 is 2.55 bits per heavy atom. The number of phenolic OH excluding ortho intramolecular Hbond substituents is 1. The van der Waals surface area contributed by atoms with Crippen molar-refractivity contribution >= 4 is 40.6 Å². The van der Waals surface area contributed by atoms with Gasteiger partial charge >= 0.3 is 11.7 Å². The number of carbonyl (C=O) groups excluding carboxylic acids is 1. The predicted molar refractivity (Wildman–Crippen MR) is 162 cm³/mol. The molecule has 4 aromatic rings. The monoisotopic (exact) mass is 562 g/mol. The van der Waals surface area contributed by atoms with E-state index in [1.807, 2.05) is 63.8 Å².